The van der Waals surface area contributed by atoms with Gasteiger partial charge in [0.2, 0.25) is 0 Å². The largest absolute Gasteiger partial charge is 0.394 e. The lowest BCUT2D eigenvalue weighted by Gasteiger charge is -2.36. The van der Waals surface area contributed by atoms with Gasteiger partial charge in [-0.1, -0.05) is 0 Å². The molecule has 82 valence electrons. The molecule has 0 aromatic rings. The molecule has 14 heavy (non-hydrogen) atoms. The molecule has 5 heteroatoms. The summed E-state index contributed by atoms with van der Waals surface area (Å²) in [7, 11) is 0. The molecule has 1 saturated heterocycles. The van der Waals surface area contributed by atoms with Gasteiger partial charge >= 0.3 is 0 Å². The van der Waals surface area contributed by atoms with Crippen LogP contribution in [0.4, 0.5) is 0 Å². The van der Waals surface area contributed by atoms with E-state index in [0.29, 0.717) is 13.0 Å². The minimum absolute atomic E-state index is 0.0588. The fourth-order valence-electron chi connectivity index (χ4n) is 1.70. The molecular weight excluding hydrogens is 182 g/mol. The highest BCUT2D eigenvalue weighted by Crippen LogP contribution is 2.10. The number of ether oxygens (including phenoxy) is 1. The van der Waals surface area contributed by atoms with E-state index in [2.05, 4.69) is 4.90 Å². The van der Waals surface area contributed by atoms with Gasteiger partial charge in [-0.05, 0) is 6.92 Å². The Labute approximate surface area is 84.3 Å². The zero-order valence-corrected chi connectivity index (χ0v) is 8.57. The first-order valence-electron chi connectivity index (χ1n) is 4.93. The standard InChI is InChI=1S/C9H19N3O2/c1-7(4-9(10)11)12-2-3-14-8(5-12)6-13/h7-8,13H,2-6H2,1H3,(H3,10,11). The topological polar surface area (TPSA) is 82.6 Å². The molecule has 4 N–H and O–H groups in total. The second-order valence-corrected chi connectivity index (χ2v) is 3.75. The molecule has 0 spiro atoms. The maximum absolute atomic E-state index is 8.95. The fraction of sp³-hybridized carbons (Fsp3) is 0.889. The Balaban J connectivity index is 2.38. The van der Waals surface area contributed by atoms with Crippen molar-refractivity contribution in [2.45, 2.75) is 25.5 Å². The minimum Gasteiger partial charge on any atom is -0.394 e. The fourth-order valence-corrected chi connectivity index (χ4v) is 1.70. The second-order valence-electron chi connectivity index (χ2n) is 3.75. The highest BCUT2D eigenvalue weighted by Gasteiger charge is 2.23. The van der Waals surface area contributed by atoms with Gasteiger partial charge in [0.05, 0.1) is 25.2 Å². The molecule has 0 aliphatic carbocycles. The Hall–Kier alpha value is -0.650. The normalized spacial score (nSPS) is 26.0. The number of aliphatic hydroxyl groups is 1. The molecule has 0 aromatic carbocycles. The first kappa shape index (κ1) is 11.4. The molecule has 0 saturated carbocycles. The Morgan fingerprint density at radius 1 is 1.79 bits per heavy atom. The number of nitrogens with one attached hydrogen (secondary N) is 1. The van der Waals surface area contributed by atoms with E-state index in [0.717, 1.165) is 13.1 Å². The number of nitrogens with two attached hydrogens (primary N) is 1. The molecule has 1 fully saturated rings. The van der Waals surface area contributed by atoms with E-state index in [4.69, 9.17) is 21.0 Å². The van der Waals surface area contributed by atoms with Crippen LogP contribution in [0.3, 0.4) is 0 Å². The lowest BCUT2D eigenvalue weighted by atomic mass is 10.1. The number of morpholine rings is 1. The monoisotopic (exact) mass is 201 g/mol. The van der Waals surface area contributed by atoms with E-state index >= 15 is 0 Å². The SMILES string of the molecule is CC(CC(=N)N)N1CCOC(CO)C1. The van der Waals surface area contributed by atoms with Crippen molar-refractivity contribution in [3.8, 4) is 0 Å². The van der Waals surface area contributed by atoms with Crippen LogP contribution in [0.15, 0.2) is 0 Å². The Kier molecular flexibility index (Phi) is 4.31. The third kappa shape index (κ3) is 3.25. The lowest BCUT2D eigenvalue weighted by Crippen LogP contribution is -2.48. The number of rotatable bonds is 4. The summed E-state index contributed by atoms with van der Waals surface area (Å²) in [6.07, 6.45) is 0.496. The average Bonchev–Trinajstić information content (AvgIpc) is 2.17. The van der Waals surface area contributed by atoms with Crippen LogP contribution in [0.25, 0.3) is 0 Å². The van der Waals surface area contributed by atoms with E-state index in [9.17, 15) is 0 Å². The zero-order chi connectivity index (χ0) is 10.6. The zero-order valence-electron chi connectivity index (χ0n) is 8.57. The lowest BCUT2D eigenvalue weighted by molar-refractivity contribution is -0.0620. The van der Waals surface area contributed by atoms with Gasteiger partial charge in [-0.25, -0.2) is 0 Å². The van der Waals surface area contributed by atoms with Crippen LogP contribution in [-0.2, 0) is 4.74 Å². The van der Waals surface area contributed by atoms with Crippen molar-refractivity contribution in [3.05, 3.63) is 0 Å². The summed E-state index contributed by atoms with van der Waals surface area (Å²) >= 11 is 0. The van der Waals surface area contributed by atoms with E-state index in [-0.39, 0.29) is 24.6 Å². The third-order valence-electron chi connectivity index (χ3n) is 2.51. The molecule has 5 nitrogen and oxygen atoms in total. The van der Waals surface area contributed by atoms with Gasteiger partial charge in [-0.3, -0.25) is 10.3 Å². The molecule has 2 atom stereocenters. The van der Waals surface area contributed by atoms with E-state index in [1.54, 1.807) is 0 Å². The van der Waals surface area contributed by atoms with Crippen LogP contribution in [-0.4, -0.2) is 54.3 Å². The molecule has 0 radical (unpaired) electrons. The summed E-state index contributed by atoms with van der Waals surface area (Å²) in [5.41, 5.74) is 5.34. The molecule has 0 amide bonds. The van der Waals surface area contributed by atoms with Gasteiger partial charge in [0.1, 0.15) is 0 Å². The number of aliphatic hydroxyl groups excluding tert-OH is 1. The van der Waals surface area contributed by atoms with Crippen LogP contribution in [0.1, 0.15) is 13.3 Å². The Morgan fingerprint density at radius 3 is 3.07 bits per heavy atom. The van der Waals surface area contributed by atoms with Gasteiger partial charge in [-0.2, -0.15) is 0 Å². The Bertz CT molecular complexity index is 198. The molecule has 1 heterocycles. The average molecular weight is 201 g/mol. The van der Waals surface area contributed by atoms with Crippen LogP contribution >= 0.6 is 0 Å². The summed E-state index contributed by atoms with van der Waals surface area (Å²) in [4.78, 5) is 2.20. The van der Waals surface area contributed by atoms with Crippen molar-refractivity contribution in [1.29, 1.82) is 5.41 Å². The van der Waals surface area contributed by atoms with Crippen LogP contribution in [0.5, 0.6) is 0 Å². The first-order chi connectivity index (χ1) is 6.63. The summed E-state index contributed by atoms with van der Waals surface area (Å²) in [5, 5.41) is 16.2. The van der Waals surface area contributed by atoms with Crippen molar-refractivity contribution < 1.29 is 9.84 Å². The van der Waals surface area contributed by atoms with Crippen molar-refractivity contribution in [1.82, 2.24) is 4.90 Å². The molecule has 1 rings (SSSR count). The number of nitrogens with zero attached hydrogens (tertiary/aromatic N) is 1. The molecule has 1 aliphatic heterocycles. The van der Waals surface area contributed by atoms with Gasteiger partial charge in [0.15, 0.2) is 0 Å². The van der Waals surface area contributed by atoms with Crippen molar-refractivity contribution >= 4 is 5.84 Å². The van der Waals surface area contributed by atoms with Crippen molar-refractivity contribution in [3.63, 3.8) is 0 Å². The van der Waals surface area contributed by atoms with Gasteiger partial charge in [0, 0.05) is 25.6 Å². The summed E-state index contributed by atoms with van der Waals surface area (Å²) in [6.45, 7) is 4.33. The van der Waals surface area contributed by atoms with Gasteiger partial charge < -0.3 is 15.6 Å². The number of hydrogen-bond acceptors (Lipinski definition) is 4. The molecule has 0 bridgehead atoms. The van der Waals surface area contributed by atoms with Crippen LogP contribution < -0.4 is 5.73 Å². The number of hydrogen-bond donors (Lipinski definition) is 3. The predicted octanol–water partition coefficient (Wildman–Crippen LogP) is -0.606. The first-order valence-corrected chi connectivity index (χ1v) is 4.93. The maximum atomic E-state index is 8.95. The van der Waals surface area contributed by atoms with Crippen LogP contribution in [0.2, 0.25) is 0 Å². The predicted molar refractivity (Wildman–Crippen MR) is 54.4 cm³/mol. The molecular formula is C9H19N3O2. The summed E-state index contributed by atoms with van der Waals surface area (Å²) in [5.74, 6) is 0.213. The van der Waals surface area contributed by atoms with Gasteiger partial charge in [0.25, 0.3) is 0 Å². The molecule has 2 unspecified atom stereocenters. The third-order valence-corrected chi connectivity index (χ3v) is 2.51. The van der Waals surface area contributed by atoms with E-state index in [1.807, 2.05) is 6.92 Å². The highest BCUT2D eigenvalue weighted by molar-refractivity contribution is 5.77. The van der Waals surface area contributed by atoms with Gasteiger partial charge in [-0.15, -0.1) is 0 Å². The van der Waals surface area contributed by atoms with Crippen molar-refractivity contribution in [2.75, 3.05) is 26.3 Å². The van der Waals surface area contributed by atoms with Crippen molar-refractivity contribution in [2.24, 2.45) is 5.73 Å². The highest BCUT2D eigenvalue weighted by atomic mass is 16.5. The maximum Gasteiger partial charge on any atom is 0.0932 e. The number of amidine groups is 1. The molecule has 1 aliphatic rings. The quantitative estimate of drug-likeness (QED) is 0.419. The van der Waals surface area contributed by atoms with E-state index < -0.39 is 0 Å². The minimum atomic E-state index is -0.0850. The second kappa shape index (κ2) is 5.29. The molecule has 0 aromatic heterocycles. The summed E-state index contributed by atoms with van der Waals surface area (Å²) < 4.78 is 5.34. The smallest absolute Gasteiger partial charge is 0.0932 e. The Morgan fingerprint density at radius 2 is 2.50 bits per heavy atom. The van der Waals surface area contributed by atoms with Crippen LogP contribution in [0, 0.1) is 5.41 Å². The summed E-state index contributed by atoms with van der Waals surface area (Å²) in [6, 6.07) is 0.255. The van der Waals surface area contributed by atoms with E-state index in [1.165, 1.54) is 0 Å².